The monoisotopic (exact) mass is 332 g/mol. The van der Waals surface area contributed by atoms with Crippen molar-refractivity contribution in [1.82, 2.24) is 0 Å². The summed E-state index contributed by atoms with van der Waals surface area (Å²) in [7, 11) is 1.74. The van der Waals surface area contributed by atoms with Crippen molar-refractivity contribution >= 4 is 15.9 Å². The van der Waals surface area contributed by atoms with Crippen molar-refractivity contribution in [2.75, 3.05) is 13.7 Å². The lowest BCUT2D eigenvalue weighted by atomic mass is 9.93. The van der Waals surface area contributed by atoms with Crippen molar-refractivity contribution in [3.05, 3.63) is 71.3 Å². The van der Waals surface area contributed by atoms with Gasteiger partial charge in [-0.3, -0.25) is 0 Å². The molecule has 0 radical (unpaired) electrons. The van der Waals surface area contributed by atoms with Crippen LogP contribution in [-0.4, -0.2) is 13.7 Å². The van der Waals surface area contributed by atoms with E-state index in [9.17, 15) is 0 Å². The second-order valence-corrected chi connectivity index (χ2v) is 6.07. The number of ether oxygens (including phenoxy) is 1. The molecular weight excluding hydrogens is 312 g/mol. The number of hydrogen-bond donors (Lipinski definition) is 0. The Hall–Kier alpha value is -1.12. The van der Waals surface area contributed by atoms with Crippen LogP contribution in [-0.2, 0) is 11.2 Å². The highest BCUT2D eigenvalue weighted by Crippen LogP contribution is 2.37. The smallest absolute Gasteiger partial charge is 0.0502 e. The maximum Gasteiger partial charge on any atom is 0.0502 e. The van der Waals surface area contributed by atoms with Gasteiger partial charge >= 0.3 is 0 Å². The van der Waals surface area contributed by atoms with Gasteiger partial charge in [-0.1, -0.05) is 77.5 Å². The third-order valence-electron chi connectivity index (χ3n) is 3.66. The van der Waals surface area contributed by atoms with Crippen LogP contribution >= 0.6 is 15.9 Å². The Kier molecular flexibility index (Phi) is 5.81. The van der Waals surface area contributed by atoms with Gasteiger partial charge in [0.1, 0.15) is 0 Å². The number of benzene rings is 2. The molecule has 0 aliphatic rings. The molecule has 2 unspecified atom stereocenters. The molecule has 0 bridgehead atoms. The topological polar surface area (TPSA) is 9.23 Å². The van der Waals surface area contributed by atoms with Gasteiger partial charge in [0.15, 0.2) is 0 Å². The van der Waals surface area contributed by atoms with Crippen molar-refractivity contribution in [2.24, 2.45) is 0 Å². The van der Waals surface area contributed by atoms with E-state index < -0.39 is 0 Å². The molecule has 0 saturated carbocycles. The second kappa shape index (κ2) is 7.61. The molecule has 0 spiro atoms. The van der Waals surface area contributed by atoms with Crippen LogP contribution in [0.4, 0.5) is 0 Å². The zero-order valence-corrected chi connectivity index (χ0v) is 13.6. The minimum Gasteiger partial charge on any atom is -0.384 e. The Labute approximate surface area is 130 Å². The van der Waals surface area contributed by atoms with Gasteiger partial charge in [-0.25, -0.2) is 0 Å². The van der Waals surface area contributed by atoms with E-state index in [-0.39, 0.29) is 0 Å². The van der Waals surface area contributed by atoms with E-state index in [1.165, 1.54) is 16.7 Å². The third kappa shape index (κ3) is 3.94. The molecule has 2 aromatic carbocycles. The molecule has 2 rings (SSSR count). The van der Waals surface area contributed by atoms with Crippen LogP contribution in [0, 0.1) is 0 Å². The molecule has 0 heterocycles. The van der Waals surface area contributed by atoms with Gasteiger partial charge in [0.25, 0.3) is 0 Å². The molecule has 20 heavy (non-hydrogen) atoms. The van der Waals surface area contributed by atoms with E-state index in [0.717, 1.165) is 13.0 Å². The highest BCUT2D eigenvalue weighted by atomic mass is 79.9. The highest BCUT2D eigenvalue weighted by molar-refractivity contribution is 9.09. The molecule has 0 saturated heterocycles. The fraction of sp³-hybridized carbons (Fsp3) is 0.333. The van der Waals surface area contributed by atoms with Crippen molar-refractivity contribution in [1.29, 1.82) is 0 Å². The Balaban J connectivity index is 2.07. The zero-order valence-electron chi connectivity index (χ0n) is 12.1. The number of alkyl halides is 1. The number of rotatable bonds is 6. The van der Waals surface area contributed by atoms with Gasteiger partial charge < -0.3 is 4.74 Å². The molecule has 0 fully saturated rings. The quantitative estimate of drug-likeness (QED) is 0.667. The molecular formula is C18H21BrO. The summed E-state index contributed by atoms with van der Waals surface area (Å²) in [4.78, 5) is 0.335. The Morgan fingerprint density at radius 1 is 0.950 bits per heavy atom. The van der Waals surface area contributed by atoms with Crippen LogP contribution in [0.15, 0.2) is 54.6 Å². The first-order chi connectivity index (χ1) is 9.72. The van der Waals surface area contributed by atoms with Crippen LogP contribution in [0.2, 0.25) is 0 Å². The van der Waals surface area contributed by atoms with E-state index in [4.69, 9.17) is 4.74 Å². The van der Waals surface area contributed by atoms with Gasteiger partial charge in [-0.2, -0.15) is 0 Å². The van der Waals surface area contributed by atoms with E-state index in [2.05, 4.69) is 77.5 Å². The summed E-state index contributed by atoms with van der Waals surface area (Å²) in [6, 6.07) is 19.4. The lowest BCUT2D eigenvalue weighted by molar-refractivity contribution is 0.202. The first-order valence-corrected chi connectivity index (χ1v) is 7.90. The Bertz CT molecular complexity index is 507. The molecule has 2 heteroatoms. The molecule has 2 atom stereocenters. The van der Waals surface area contributed by atoms with E-state index in [1.54, 1.807) is 7.11 Å². The predicted octanol–water partition coefficient (Wildman–Crippen LogP) is 5.12. The molecule has 2 aromatic rings. The van der Waals surface area contributed by atoms with Crippen molar-refractivity contribution < 1.29 is 4.74 Å². The summed E-state index contributed by atoms with van der Waals surface area (Å²) < 4.78 is 5.11. The molecule has 106 valence electrons. The summed E-state index contributed by atoms with van der Waals surface area (Å²) in [6.07, 6.45) is 0.970. The standard InChI is InChI=1S/C18H21BrO/c1-14(16-6-4-3-5-7-16)18(19)17-10-8-15(9-11-17)12-13-20-2/h3-11,14,18H,12-13H2,1-2H3. The predicted molar refractivity (Wildman–Crippen MR) is 88.5 cm³/mol. The van der Waals surface area contributed by atoms with Gasteiger partial charge in [0, 0.05) is 11.9 Å². The zero-order chi connectivity index (χ0) is 14.4. The second-order valence-electron chi connectivity index (χ2n) is 5.09. The number of methoxy groups -OCH3 is 1. The summed E-state index contributed by atoms with van der Waals surface area (Å²) in [5.74, 6) is 0.445. The van der Waals surface area contributed by atoms with Crippen LogP contribution in [0.25, 0.3) is 0 Å². The minimum atomic E-state index is 0.335. The van der Waals surface area contributed by atoms with E-state index in [0.29, 0.717) is 10.7 Å². The van der Waals surface area contributed by atoms with Crippen molar-refractivity contribution in [2.45, 2.75) is 24.1 Å². The van der Waals surface area contributed by atoms with Gasteiger partial charge in [-0.15, -0.1) is 0 Å². The lowest BCUT2D eigenvalue weighted by Crippen LogP contribution is -2.02. The first kappa shape index (κ1) is 15.3. The summed E-state index contributed by atoms with van der Waals surface area (Å²) in [5, 5.41) is 0. The van der Waals surface area contributed by atoms with Crippen molar-refractivity contribution in [3.8, 4) is 0 Å². The molecule has 0 aromatic heterocycles. The van der Waals surface area contributed by atoms with Crippen LogP contribution in [0.1, 0.15) is 34.4 Å². The third-order valence-corrected chi connectivity index (χ3v) is 4.98. The summed E-state index contributed by atoms with van der Waals surface area (Å²) >= 11 is 3.84. The maximum absolute atomic E-state index is 5.11. The maximum atomic E-state index is 5.11. The summed E-state index contributed by atoms with van der Waals surface area (Å²) in [6.45, 7) is 3.03. The van der Waals surface area contributed by atoms with Gasteiger partial charge in [-0.05, 0) is 29.0 Å². The first-order valence-electron chi connectivity index (χ1n) is 6.99. The van der Waals surface area contributed by atoms with Crippen LogP contribution in [0.5, 0.6) is 0 Å². The van der Waals surface area contributed by atoms with Gasteiger partial charge in [0.05, 0.1) is 6.61 Å². The van der Waals surface area contributed by atoms with Crippen molar-refractivity contribution in [3.63, 3.8) is 0 Å². The summed E-state index contributed by atoms with van der Waals surface area (Å²) in [5.41, 5.74) is 4.00. The van der Waals surface area contributed by atoms with Gasteiger partial charge in [0.2, 0.25) is 0 Å². The fourth-order valence-electron chi connectivity index (χ4n) is 2.30. The Morgan fingerprint density at radius 3 is 2.20 bits per heavy atom. The SMILES string of the molecule is COCCc1ccc(C(Br)C(C)c2ccccc2)cc1. The minimum absolute atomic E-state index is 0.335. The molecule has 0 aliphatic heterocycles. The lowest BCUT2D eigenvalue weighted by Gasteiger charge is -2.19. The van der Waals surface area contributed by atoms with E-state index in [1.807, 2.05) is 0 Å². The largest absolute Gasteiger partial charge is 0.384 e. The highest BCUT2D eigenvalue weighted by Gasteiger charge is 2.17. The normalized spacial score (nSPS) is 13.9. The average Bonchev–Trinajstić information content (AvgIpc) is 2.53. The fourth-order valence-corrected chi connectivity index (χ4v) is 2.91. The number of hydrogen-bond acceptors (Lipinski definition) is 1. The molecule has 0 amide bonds. The van der Waals surface area contributed by atoms with Crippen LogP contribution < -0.4 is 0 Å². The molecule has 1 nitrogen and oxygen atoms in total. The van der Waals surface area contributed by atoms with E-state index >= 15 is 0 Å². The van der Waals surface area contributed by atoms with Crippen LogP contribution in [0.3, 0.4) is 0 Å². The average molecular weight is 333 g/mol. The number of halogens is 1. The Morgan fingerprint density at radius 2 is 1.60 bits per heavy atom. The molecule has 0 aliphatic carbocycles. The molecule has 0 N–H and O–H groups in total.